The van der Waals surface area contributed by atoms with Gasteiger partial charge in [0.2, 0.25) is 0 Å². The zero-order valence-electron chi connectivity index (χ0n) is 20.7. The Labute approximate surface area is 205 Å². The highest BCUT2D eigenvalue weighted by molar-refractivity contribution is 5.91. The molecule has 0 bridgehead atoms. The highest BCUT2D eigenvalue weighted by Crippen LogP contribution is 2.44. The lowest BCUT2D eigenvalue weighted by Crippen LogP contribution is -2.25. The number of hydrogen-bond donors (Lipinski definition) is 0. The largest absolute Gasteiger partial charge is 0.423 e. The summed E-state index contributed by atoms with van der Waals surface area (Å²) in [5.74, 6) is 3.61. The van der Waals surface area contributed by atoms with Gasteiger partial charge in [0.25, 0.3) is 0 Å². The van der Waals surface area contributed by atoms with E-state index < -0.39 is 0 Å². The molecule has 0 spiro atoms. The third kappa shape index (κ3) is 6.50. The molecule has 0 unspecified atom stereocenters. The molecule has 2 fully saturated rings. The van der Waals surface area contributed by atoms with Gasteiger partial charge in [0.05, 0.1) is 17.2 Å². The summed E-state index contributed by atoms with van der Waals surface area (Å²) in [6.07, 6.45) is 16.8. The molecule has 0 radical (unpaired) electrons. The van der Waals surface area contributed by atoms with Crippen LogP contribution in [0.2, 0.25) is 0 Å². The van der Waals surface area contributed by atoms with Gasteiger partial charge >= 0.3 is 5.97 Å². The summed E-state index contributed by atoms with van der Waals surface area (Å²) in [4.78, 5) is 12.5. The van der Waals surface area contributed by atoms with Gasteiger partial charge in [0.1, 0.15) is 5.75 Å². The molecule has 3 nitrogen and oxygen atoms in total. The summed E-state index contributed by atoms with van der Waals surface area (Å²) in [5, 5.41) is 8.89. The number of hydrogen-bond acceptors (Lipinski definition) is 3. The van der Waals surface area contributed by atoms with Crippen molar-refractivity contribution in [2.45, 2.75) is 89.9 Å². The lowest BCUT2D eigenvalue weighted by atomic mass is 9.68. The molecule has 0 heterocycles. The van der Waals surface area contributed by atoms with E-state index in [0.29, 0.717) is 22.8 Å². The second-order valence-corrected chi connectivity index (χ2v) is 10.5. The highest BCUT2D eigenvalue weighted by atomic mass is 16.5. The van der Waals surface area contributed by atoms with Crippen molar-refractivity contribution in [2.75, 3.05) is 0 Å². The van der Waals surface area contributed by atoms with Crippen molar-refractivity contribution in [3.8, 4) is 11.8 Å². The molecule has 0 aliphatic heterocycles. The van der Waals surface area contributed by atoms with Crippen LogP contribution in [0.4, 0.5) is 0 Å². The third-order valence-electron chi connectivity index (χ3n) is 8.36. The zero-order chi connectivity index (χ0) is 23.8. The average Bonchev–Trinajstić information content (AvgIpc) is 2.90. The van der Waals surface area contributed by atoms with Gasteiger partial charge in [-0.3, -0.25) is 0 Å². The quantitative estimate of drug-likeness (QED) is 0.227. The number of carbonyl (C=O) groups excluding carboxylic acids is 1. The Balaban J connectivity index is 1.22. The molecular weight excluding hydrogens is 418 g/mol. The van der Waals surface area contributed by atoms with Crippen molar-refractivity contribution >= 4 is 5.97 Å². The molecule has 4 rings (SSSR count). The normalized spacial score (nSPS) is 24.8. The van der Waals surface area contributed by atoms with Gasteiger partial charge in [-0.15, -0.1) is 0 Å². The summed E-state index contributed by atoms with van der Waals surface area (Å²) in [7, 11) is 0. The van der Waals surface area contributed by atoms with E-state index in [1.54, 1.807) is 24.3 Å². The molecule has 2 aliphatic rings. The minimum Gasteiger partial charge on any atom is -0.423 e. The third-order valence-corrected chi connectivity index (χ3v) is 8.36. The molecule has 2 aliphatic carbocycles. The number of benzene rings is 2. The number of nitriles is 1. The lowest BCUT2D eigenvalue weighted by Gasteiger charge is -2.38. The maximum atomic E-state index is 12.5. The summed E-state index contributed by atoms with van der Waals surface area (Å²) in [6, 6.07) is 16.7. The van der Waals surface area contributed by atoms with Crippen LogP contribution in [-0.2, 0) is 0 Å². The van der Waals surface area contributed by atoms with Crippen LogP contribution in [0.1, 0.15) is 111 Å². The SMILES string of the molecule is CCCCC[C@H]1CC[C@H]([C@H]2CC[C@H](c3ccc(C(=O)Oc4ccc(C#N)cc4)cc3)CC2)CC1. The van der Waals surface area contributed by atoms with Crippen LogP contribution in [0, 0.1) is 29.1 Å². The minimum atomic E-state index is -0.356. The second-order valence-electron chi connectivity index (χ2n) is 10.5. The molecular formula is C31H39NO2. The van der Waals surface area contributed by atoms with Gasteiger partial charge in [-0.25, -0.2) is 4.79 Å². The Morgan fingerprint density at radius 2 is 1.47 bits per heavy atom. The van der Waals surface area contributed by atoms with E-state index in [0.717, 1.165) is 17.8 Å². The molecule has 180 valence electrons. The van der Waals surface area contributed by atoms with Gasteiger partial charge in [0, 0.05) is 0 Å². The van der Waals surface area contributed by atoms with Crippen molar-refractivity contribution < 1.29 is 9.53 Å². The van der Waals surface area contributed by atoms with Crippen LogP contribution in [0.15, 0.2) is 48.5 Å². The Bertz CT molecular complexity index is 940. The van der Waals surface area contributed by atoms with Crippen molar-refractivity contribution in [1.82, 2.24) is 0 Å². The number of esters is 1. The van der Waals surface area contributed by atoms with Gasteiger partial charge < -0.3 is 4.74 Å². The van der Waals surface area contributed by atoms with E-state index >= 15 is 0 Å². The fourth-order valence-electron chi connectivity index (χ4n) is 6.21. The van der Waals surface area contributed by atoms with Gasteiger partial charge in [-0.05, 0) is 104 Å². The van der Waals surface area contributed by atoms with E-state index in [2.05, 4.69) is 25.1 Å². The van der Waals surface area contributed by atoms with Crippen LogP contribution in [0.5, 0.6) is 5.75 Å². The summed E-state index contributed by atoms with van der Waals surface area (Å²) < 4.78 is 5.45. The van der Waals surface area contributed by atoms with Crippen LogP contribution < -0.4 is 4.74 Å². The topological polar surface area (TPSA) is 50.1 Å². The first-order chi connectivity index (χ1) is 16.7. The van der Waals surface area contributed by atoms with Gasteiger partial charge in [-0.2, -0.15) is 5.26 Å². The molecule has 0 saturated heterocycles. The maximum Gasteiger partial charge on any atom is 0.343 e. The molecule has 2 aromatic rings. The van der Waals surface area contributed by atoms with Crippen LogP contribution in [0.3, 0.4) is 0 Å². The van der Waals surface area contributed by atoms with E-state index in [-0.39, 0.29) is 5.97 Å². The first-order valence-electron chi connectivity index (χ1n) is 13.5. The standard InChI is InChI=1S/C31H39NO2/c1-2-3-4-5-23-6-10-25(11-7-23)26-12-14-27(15-13-26)28-16-18-29(19-17-28)31(33)34-30-20-8-24(22-32)9-21-30/h8-9,16-21,23,25-27H,2-7,10-15H2,1H3/t23-,25-,26-,27-. The van der Waals surface area contributed by atoms with E-state index in [1.807, 2.05) is 12.1 Å². The van der Waals surface area contributed by atoms with Crippen molar-refractivity contribution in [2.24, 2.45) is 17.8 Å². The average molecular weight is 458 g/mol. The van der Waals surface area contributed by atoms with Crippen LogP contribution >= 0.6 is 0 Å². The van der Waals surface area contributed by atoms with Crippen LogP contribution in [-0.4, -0.2) is 5.97 Å². The number of unbranched alkanes of at least 4 members (excludes halogenated alkanes) is 2. The molecule has 0 aromatic heterocycles. The highest BCUT2D eigenvalue weighted by Gasteiger charge is 2.31. The van der Waals surface area contributed by atoms with E-state index in [1.165, 1.54) is 82.6 Å². The number of carbonyl (C=O) groups is 1. The van der Waals surface area contributed by atoms with Crippen molar-refractivity contribution in [3.05, 3.63) is 65.2 Å². The monoisotopic (exact) mass is 457 g/mol. The predicted octanol–water partition coefficient (Wildman–Crippen LogP) is 8.44. The van der Waals surface area contributed by atoms with Crippen molar-refractivity contribution in [3.63, 3.8) is 0 Å². The Hall–Kier alpha value is -2.60. The van der Waals surface area contributed by atoms with E-state index in [9.17, 15) is 4.79 Å². The number of nitrogens with zero attached hydrogens (tertiary/aromatic N) is 1. The summed E-state index contributed by atoms with van der Waals surface area (Å²) in [5.41, 5.74) is 2.47. The second kappa shape index (κ2) is 12.2. The Morgan fingerprint density at radius 3 is 2.06 bits per heavy atom. The molecule has 0 atom stereocenters. The minimum absolute atomic E-state index is 0.356. The fraction of sp³-hybridized carbons (Fsp3) is 0.548. The molecule has 3 heteroatoms. The summed E-state index contributed by atoms with van der Waals surface area (Å²) in [6.45, 7) is 2.30. The van der Waals surface area contributed by atoms with Gasteiger partial charge in [-0.1, -0.05) is 57.6 Å². The first-order valence-corrected chi connectivity index (χ1v) is 13.5. The molecule has 2 saturated carbocycles. The maximum absolute atomic E-state index is 12.5. The fourth-order valence-corrected chi connectivity index (χ4v) is 6.21. The molecule has 0 N–H and O–H groups in total. The smallest absolute Gasteiger partial charge is 0.343 e. The predicted molar refractivity (Wildman–Crippen MR) is 137 cm³/mol. The lowest BCUT2D eigenvalue weighted by molar-refractivity contribution is 0.0734. The molecule has 0 amide bonds. The zero-order valence-corrected chi connectivity index (χ0v) is 20.7. The molecule has 34 heavy (non-hydrogen) atoms. The number of ether oxygens (including phenoxy) is 1. The van der Waals surface area contributed by atoms with E-state index in [4.69, 9.17) is 10.00 Å². The summed E-state index contributed by atoms with van der Waals surface area (Å²) >= 11 is 0. The van der Waals surface area contributed by atoms with Crippen LogP contribution in [0.25, 0.3) is 0 Å². The first kappa shape index (κ1) is 24.5. The Kier molecular flexibility index (Phi) is 8.80. The molecule has 2 aromatic carbocycles. The Morgan fingerprint density at radius 1 is 0.853 bits per heavy atom. The number of rotatable bonds is 8. The van der Waals surface area contributed by atoms with Crippen molar-refractivity contribution in [1.29, 1.82) is 5.26 Å². The van der Waals surface area contributed by atoms with Gasteiger partial charge in [0.15, 0.2) is 0 Å².